The van der Waals surface area contributed by atoms with E-state index in [1.165, 1.54) is 0 Å². The zero-order valence-corrected chi connectivity index (χ0v) is 26.2. The van der Waals surface area contributed by atoms with Crippen molar-refractivity contribution in [2.24, 2.45) is 0 Å². The molecule has 0 aromatic heterocycles. The smallest absolute Gasteiger partial charge is 0.247 e. The van der Waals surface area contributed by atoms with Crippen molar-refractivity contribution in [1.29, 1.82) is 0 Å². The highest BCUT2D eigenvalue weighted by atomic mass is 35.5. The maximum absolute atomic E-state index is 14.0. The highest BCUT2D eigenvalue weighted by Crippen LogP contribution is 2.26. The lowest BCUT2D eigenvalue weighted by molar-refractivity contribution is -0.141. The number of nitrogens with one attached hydrogen (secondary N) is 2. The number of amides is 2. The van der Waals surface area contributed by atoms with E-state index in [0.29, 0.717) is 23.6 Å². The van der Waals surface area contributed by atoms with Crippen LogP contribution >= 0.6 is 11.6 Å². The summed E-state index contributed by atoms with van der Waals surface area (Å²) in [5, 5.41) is 3.63. The van der Waals surface area contributed by atoms with Crippen molar-refractivity contribution >= 4 is 33.4 Å². The van der Waals surface area contributed by atoms with Crippen molar-refractivity contribution in [1.82, 2.24) is 14.9 Å². The van der Waals surface area contributed by atoms with Crippen LogP contribution in [0.1, 0.15) is 53.1 Å². The summed E-state index contributed by atoms with van der Waals surface area (Å²) in [4.78, 5) is 29.7. The molecule has 0 aliphatic heterocycles. The second kappa shape index (κ2) is 14.2. The van der Waals surface area contributed by atoms with Crippen molar-refractivity contribution in [3.63, 3.8) is 0 Å². The molecule has 9 heteroatoms. The standard InChI is InChI=1S/C35H36ClN3O4S/c1-25-7-9-27(10-8-25)23-37-35(41)34(29-5-3-2-4-6-29)39(24-28-11-16-30(36)17-12-28)33(40)22-15-26-13-20-32(21-14-26)44(42,43)38-31-18-19-31/h2-14,16-17,20-21,31,34,38H,15,18-19,22-24H2,1H3,(H,37,41)/t34-/m1/s1. The van der Waals surface area contributed by atoms with E-state index in [0.717, 1.165) is 35.1 Å². The Labute approximate surface area is 264 Å². The predicted molar refractivity (Wildman–Crippen MR) is 172 cm³/mol. The Bertz CT molecular complexity index is 1670. The summed E-state index contributed by atoms with van der Waals surface area (Å²) in [5.41, 5.74) is 4.47. The van der Waals surface area contributed by atoms with Gasteiger partial charge in [-0.15, -0.1) is 0 Å². The van der Waals surface area contributed by atoms with E-state index in [4.69, 9.17) is 11.6 Å². The van der Waals surface area contributed by atoms with Crippen molar-refractivity contribution < 1.29 is 18.0 Å². The van der Waals surface area contributed by atoms with Crippen LogP contribution in [0.2, 0.25) is 5.02 Å². The lowest BCUT2D eigenvalue weighted by Gasteiger charge is -2.32. The van der Waals surface area contributed by atoms with Crippen LogP contribution in [0.3, 0.4) is 0 Å². The van der Waals surface area contributed by atoms with Gasteiger partial charge in [-0.05, 0) is 72.7 Å². The van der Waals surface area contributed by atoms with E-state index in [2.05, 4.69) is 10.0 Å². The Morgan fingerprint density at radius 2 is 1.45 bits per heavy atom. The van der Waals surface area contributed by atoms with Crippen LogP contribution in [0.4, 0.5) is 0 Å². The molecule has 0 unspecified atom stereocenters. The number of halogens is 1. The summed E-state index contributed by atoms with van der Waals surface area (Å²) in [6.07, 6.45) is 2.24. The fourth-order valence-electron chi connectivity index (χ4n) is 4.93. The van der Waals surface area contributed by atoms with Gasteiger partial charge in [0.05, 0.1) is 4.90 Å². The molecular weight excluding hydrogens is 594 g/mol. The number of hydrogen-bond donors (Lipinski definition) is 2. The number of carbonyl (C=O) groups is 2. The van der Waals surface area contributed by atoms with Crippen LogP contribution in [0.25, 0.3) is 0 Å². The van der Waals surface area contributed by atoms with E-state index in [-0.39, 0.29) is 35.7 Å². The Morgan fingerprint density at radius 1 is 0.841 bits per heavy atom. The topological polar surface area (TPSA) is 95.6 Å². The molecule has 4 aromatic rings. The first-order valence-corrected chi connectivity index (χ1v) is 16.6. The molecule has 1 aliphatic rings. The molecule has 2 amide bonds. The van der Waals surface area contributed by atoms with Gasteiger partial charge in [-0.25, -0.2) is 13.1 Å². The van der Waals surface area contributed by atoms with E-state index in [1.54, 1.807) is 41.3 Å². The summed E-state index contributed by atoms with van der Waals surface area (Å²) in [7, 11) is -3.55. The van der Waals surface area contributed by atoms with Gasteiger partial charge < -0.3 is 10.2 Å². The SMILES string of the molecule is Cc1ccc(CNC(=O)[C@@H](c2ccccc2)N(Cc2ccc(Cl)cc2)C(=O)CCc2ccc(S(=O)(=O)NC3CC3)cc2)cc1. The van der Waals surface area contributed by atoms with Crippen LogP contribution in [0.5, 0.6) is 0 Å². The van der Waals surface area contributed by atoms with Crippen LogP contribution in [0, 0.1) is 6.92 Å². The molecular formula is C35H36ClN3O4S. The van der Waals surface area contributed by atoms with Crippen molar-refractivity contribution in [3.05, 3.63) is 136 Å². The summed E-state index contributed by atoms with van der Waals surface area (Å²) < 4.78 is 27.8. The lowest BCUT2D eigenvalue weighted by atomic mass is 10.0. The molecule has 1 fully saturated rings. The molecule has 44 heavy (non-hydrogen) atoms. The van der Waals surface area contributed by atoms with E-state index >= 15 is 0 Å². The van der Waals surface area contributed by atoms with E-state index in [1.807, 2.05) is 73.7 Å². The largest absolute Gasteiger partial charge is 0.350 e. The van der Waals surface area contributed by atoms with Crippen LogP contribution < -0.4 is 10.0 Å². The highest BCUT2D eigenvalue weighted by Gasteiger charge is 2.31. The molecule has 1 aliphatic carbocycles. The first kappa shape index (κ1) is 31.4. The Morgan fingerprint density at radius 3 is 2.09 bits per heavy atom. The summed E-state index contributed by atoms with van der Waals surface area (Å²) in [6, 6.07) is 30.2. The Hall–Kier alpha value is -3.98. The monoisotopic (exact) mass is 629 g/mol. The van der Waals surface area contributed by atoms with Gasteiger partial charge in [0.15, 0.2) is 0 Å². The average Bonchev–Trinajstić information content (AvgIpc) is 3.84. The predicted octanol–water partition coefficient (Wildman–Crippen LogP) is 6.11. The minimum Gasteiger partial charge on any atom is -0.350 e. The molecule has 228 valence electrons. The Kier molecular flexibility index (Phi) is 10.1. The number of nitrogens with zero attached hydrogens (tertiary/aromatic N) is 1. The van der Waals surface area contributed by atoms with E-state index < -0.39 is 16.1 Å². The quantitative estimate of drug-likeness (QED) is 0.187. The highest BCUT2D eigenvalue weighted by molar-refractivity contribution is 7.89. The third-order valence-electron chi connectivity index (χ3n) is 7.61. The molecule has 0 bridgehead atoms. The van der Waals surface area contributed by atoms with Gasteiger partial charge in [-0.1, -0.05) is 96.0 Å². The second-order valence-corrected chi connectivity index (χ2v) is 13.4. The molecule has 2 N–H and O–H groups in total. The van der Waals surface area contributed by atoms with Gasteiger partial charge in [-0.2, -0.15) is 0 Å². The van der Waals surface area contributed by atoms with Gasteiger partial charge in [0.2, 0.25) is 21.8 Å². The fraction of sp³-hybridized carbons (Fsp3) is 0.257. The fourth-order valence-corrected chi connectivity index (χ4v) is 6.36. The number of aryl methyl sites for hydroxylation is 2. The van der Waals surface area contributed by atoms with Crippen molar-refractivity contribution in [3.8, 4) is 0 Å². The maximum atomic E-state index is 14.0. The number of sulfonamides is 1. The number of benzene rings is 4. The molecule has 1 atom stereocenters. The molecule has 1 saturated carbocycles. The molecule has 0 radical (unpaired) electrons. The molecule has 0 spiro atoms. The molecule has 4 aromatic carbocycles. The molecule has 0 saturated heterocycles. The minimum atomic E-state index is -3.55. The van der Waals surface area contributed by atoms with Gasteiger partial charge in [0, 0.05) is 30.6 Å². The first-order valence-electron chi connectivity index (χ1n) is 14.7. The molecule has 7 nitrogen and oxygen atoms in total. The van der Waals surface area contributed by atoms with Gasteiger partial charge in [-0.3, -0.25) is 9.59 Å². The minimum absolute atomic E-state index is 0.0237. The third-order valence-corrected chi connectivity index (χ3v) is 9.40. The van der Waals surface area contributed by atoms with Crippen LogP contribution in [0.15, 0.2) is 108 Å². The maximum Gasteiger partial charge on any atom is 0.247 e. The van der Waals surface area contributed by atoms with Crippen molar-refractivity contribution in [2.45, 2.75) is 62.7 Å². The second-order valence-electron chi connectivity index (χ2n) is 11.2. The zero-order chi connectivity index (χ0) is 31.1. The first-order chi connectivity index (χ1) is 21.2. The average molecular weight is 630 g/mol. The molecule has 0 heterocycles. The van der Waals surface area contributed by atoms with Gasteiger partial charge >= 0.3 is 0 Å². The van der Waals surface area contributed by atoms with Crippen molar-refractivity contribution in [2.75, 3.05) is 0 Å². The third kappa shape index (κ3) is 8.56. The number of rotatable bonds is 13. The summed E-state index contributed by atoms with van der Waals surface area (Å²) in [5.74, 6) is -0.483. The van der Waals surface area contributed by atoms with E-state index in [9.17, 15) is 18.0 Å². The Balaban J connectivity index is 1.37. The zero-order valence-electron chi connectivity index (χ0n) is 24.6. The van der Waals surface area contributed by atoms with Gasteiger partial charge in [0.25, 0.3) is 0 Å². The summed E-state index contributed by atoms with van der Waals surface area (Å²) >= 11 is 6.13. The number of hydrogen-bond acceptors (Lipinski definition) is 4. The van der Waals surface area contributed by atoms with Gasteiger partial charge in [0.1, 0.15) is 6.04 Å². The summed E-state index contributed by atoms with van der Waals surface area (Å²) in [6.45, 7) is 2.55. The number of carbonyl (C=O) groups excluding carboxylic acids is 2. The normalized spacial score (nSPS) is 13.7. The van der Waals surface area contributed by atoms with Crippen LogP contribution in [-0.4, -0.2) is 31.2 Å². The molecule has 5 rings (SSSR count). The van der Waals surface area contributed by atoms with Crippen LogP contribution in [-0.2, 0) is 39.1 Å². The lowest BCUT2D eigenvalue weighted by Crippen LogP contribution is -2.43.